The van der Waals surface area contributed by atoms with E-state index in [9.17, 15) is 4.79 Å². The molecule has 1 heterocycles. The summed E-state index contributed by atoms with van der Waals surface area (Å²) in [6, 6.07) is 7.97. The van der Waals surface area contributed by atoms with Crippen molar-refractivity contribution in [2.45, 2.75) is 33.4 Å². The van der Waals surface area contributed by atoms with Gasteiger partial charge in [-0.3, -0.25) is 4.79 Å². The third-order valence-electron chi connectivity index (χ3n) is 3.55. The maximum atomic E-state index is 12.1. The van der Waals surface area contributed by atoms with Gasteiger partial charge in [0.25, 0.3) is 5.91 Å². The summed E-state index contributed by atoms with van der Waals surface area (Å²) < 4.78 is 12.8. The number of carbonyl (C=O) groups is 1. The molecule has 0 fully saturated rings. The van der Waals surface area contributed by atoms with Crippen LogP contribution in [0.5, 0.6) is 0 Å². The normalized spacial score (nSPS) is 12.5. The van der Waals surface area contributed by atoms with Crippen LogP contribution in [-0.2, 0) is 20.8 Å². The molecule has 1 amide bonds. The predicted octanol–water partition coefficient (Wildman–Crippen LogP) is 3.04. The molecule has 0 aliphatic rings. The van der Waals surface area contributed by atoms with E-state index in [1.807, 2.05) is 25.1 Å². The second-order valence-electron chi connectivity index (χ2n) is 5.07. The number of nitrogens with one attached hydrogen (secondary N) is 1. The third kappa shape index (κ3) is 4.08. The Morgan fingerprint density at radius 3 is 2.82 bits per heavy atom. The summed E-state index contributed by atoms with van der Waals surface area (Å²) in [6.07, 6.45) is 1.55. The highest BCUT2D eigenvalue weighted by Crippen LogP contribution is 2.20. The van der Waals surface area contributed by atoms with Gasteiger partial charge in [0.05, 0.1) is 13.2 Å². The van der Waals surface area contributed by atoms with Gasteiger partial charge in [0, 0.05) is 35.9 Å². The van der Waals surface area contributed by atoms with Crippen molar-refractivity contribution in [2.75, 3.05) is 25.1 Å². The standard InChI is InChI=1S/C17H24N2O3/c1-4-19-9-8-14-12-15(6-7-16(14)19)18-17(20)13(3)22-11-10-21-5-2/h6-9,12-13H,4-5,10-11H2,1-3H3,(H,18,20)/t13-/m1/s1. The van der Waals surface area contributed by atoms with Crippen LogP contribution in [0.3, 0.4) is 0 Å². The maximum Gasteiger partial charge on any atom is 0.253 e. The second kappa shape index (κ2) is 7.96. The van der Waals surface area contributed by atoms with Crippen LogP contribution >= 0.6 is 0 Å². The summed E-state index contributed by atoms with van der Waals surface area (Å²) in [4.78, 5) is 12.1. The van der Waals surface area contributed by atoms with Crippen molar-refractivity contribution in [3.63, 3.8) is 0 Å². The SMILES string of the molecule is CCOCCO[C@H](C)C(=O)Nc1ccc2c(ccn2CC)c1. The number of benzene rings is 1. The summed E-state index contributed by atoms with van der Waals surface area (Å²) in [5.41, 5.74) is 1.95. The third-order valence-corrected chi connectivity index (χ3v) is 3.55. The van der Waals surface area contributed by atoms with Crippen molar-refractivity contribution in [1.82, 2.24) is 4.57 Å². The zero-order chi connectivity index (χ0) is 15.9. The van der Waals surface area contributed by atoms with Crippen LogP contribution in [0, 0.1) is 0 Å². The fourth-order valence-electron chi connectivity index (χ4n) is 2.30. The van der Waals surface area contributed by atoms with Gasteiger partial charge in [0.2, 0.25) is 0 Å². The van der Waals surface area contributed by atoms with E-state index in [1.54, 1.807) is 6.92 Å². The highest BCUT2D eigenvalue weighted by atomic mass is 16.5. The Labute approximate surface area is 131 Å². The minimum Gasteiger partial charge on any atom is -0.379 e. The number of fused-ring (bicyclic) bond motifs is 1. The van der Waals surface area contributed by atoms with Crippen molar-refractivity contribution >= 4 is 22.5 Å². The number of amides is 1. The second-order valence-corrected chi connectivity index (χ2v) is 5.07. The number of carbonyl (C=O) groups excluding carboxylic acids is 1. The van der Waals surface area contributed by atoms with Crippen molar-refractivity contribution in [2.24, 2.45) is 0 Å². The molecule has 0 aliphatic heterocycles. The first-order valence-electron chi connectivity index (χ1n) is 7.74. The molecular formula is C17H24N2O3. The molecular weight excluding hydrogens is 280 g/mol. The summed E-state index contributed by atoms with van der Waals surface area (Å²) in [5.74, 6) is -0.147. The Balaban J connectivity index is 1.93. The quantitative estimate of drug-likeness (QED) is 0.763. The van der Waals surface area contributed by atoms with Crippen LogP contribution in [-0.4, -0.2) is 36.4 Å². The summed E-state index contributed by atoms with van der Waals surface area (Å²) in [5, 5.41) is 4.00. The number of ether oxygens (including phenoxy) is 2. The van der Waals surface area contributed by atoms with E-state index in [0.717, 1.165) is 17.6 Å². The van der Waals surface area contributed by atoms with Crippen molar-refractivity contribution in [1.29, 1.82) is 0 Å². The molecule has 0 aliphatic carbocycles. The molecule has 1 aromatic heterocycles. The smallest absolute Gasteiger partial charge is 0.253 e. The van der Waals surface area contributed by atoms with E-state index in [4.69, 9.17) is 9.47 Å². The van der Waals surface area contributed by atoms with Gasteiger partial charge in [-0.15, -0.1) is 0 Å². The van der Waals surface area contributed by atoms with Crippen LogP contribution in [0.15, 0.2) is 30.5 Å². The Bertz CT molecular complexity index is 621. The summed E-state index contributed by atoms with van der Waals surface area (Å²) in [7, 11) is 0. The molecule has 0 saturated carbocycles. The Morgan fingerprint density at radius 2 is 2.09 bits per heavy atom. The van der Waals surface area contributed by atoms with Gasteiger partial charge in [-0.25, -0.2) is 0 Å². The number of hydrogen-bond acceptors (Lipinski definition) is 3. The van der Waals surface area contributed by atoms with Crippen LogP contribution in [0.25, 0.3) is 10.9 Å². The van der Waals surface area contributed by atoms with Gasteiger partial charge >= 0.3 is 0 Å². The summed E-state index contributed by atoms with van der Waals surface area (Å²) >= 11 is 0. The fourth-order valence-corrected chi connectivity index (χ4v) is 2.30. The van der Waals surface area contributed by atoms with E-state index >= 15 is 0 Å². The van der Waals surface area contributed by atoms with Crippen molar-refractivity contribution < 1.29 is 14.3 Å². The average molecular weight is 304 g/mol. The molecule has 5 heteroatoms. The van der Waals surface area contributed by atoms with Crippen molar-refractivity contribution in [3.05, 3.63) is 30.5 Å². The molecule has 0 unspecified atom stereocenters. The highest BCUT2D eigenvalue weighted by molar-refractivity contribution is 5.96. The number of hydrogen-bond donors (Lipinski definition) is 1. The lowest BCUT2D eigenvalue weighted by Crippen LogP contribution is -2.28. The molecule has 0 radical (unpaired) electrons. The lowest BCUT2D eigenvalue weighted by atomic mass is 10.2. The molecule has 0 bridgehead atoms. The molecule has 0 spiro atoms. The zero-order valence-corrected chi connectivity index (χ0v) is 13.5. The largest absolute Gasteiger partial charge is 0.379 e. The van der Waals surface area contributed by atoms with E-state index in [0.29, 0.717) is 19.8 Å². The van der Waals surface area contributed by atoms with E-state index in [-0.39, 0.29) is 5.91 Å². The Kier molecular flexibility index (Phi) is 5.98. The lowest BCUT2D eigenvalue weighted by molar-refractivity contribution is -0.127. The highest BCUT2D eigenvalue weighted by Gasteiger charge is 2.13. The topological polar surface area (TPSA) is 52.5 Å². The number of aryl methyl sites for hydroxylation is 1. The van der Waals surface area contributed by atoms with Crippen LogP contribution in [0.4, 0.5) is 5.69 Å². The van der Waals surface area contributed by atoms with Gasteiger partial charge < -0.3 is 19.4 Å². The van der Waals surface area contributed by atoms with Crippen LogP contribution < -0.4 is 5.32 Å². The van der Waals surface area contributed by atoms with Gasteiger partial charge in [0.15, 0.2) is 0 Å². The predicted molar refractivity (Wildman–Crippen MR) is 88.1 cm³/mol. The molecule has 120 valence electrons. The van der Waals surface area contributed by atoms with Crippen LogP contribution in [0.1, 0.15) is 20.8 Å². The molecule has 1 N–H and O–H groups in total. The fraction of sp³-hybridized carbons (Fsp3) is 0.471. The van der Waals surface area contributed by atoms with E-state index in [1.165, 1.54) is 5.52 Å². The first-order chi connectivity index (χ1) is 10.7. The molecule has 22 heavy (non-hydrogen) atoms. The minimum atomic E-state index is -0.503. The molecule has 2 aromatic rings. The number of anilines is 1. The zero-order valence-electron chi connectivity index (χ0n) is 13.5. The monoisotopic (exact) mass is 304 g/mol. The number of nitrogens with zero attached hydrogens (tertiary/aromatic N) is 1. The Morgan fingerprint density at radius 1 is 1.27 bits per heavy atom. The first kappa shape index (κ1) is 16.5. The van der Waals surface area contributed by atoms with Gasteiger partial charge in [0.1, 0.15) is 6.10 Å². The van der Waals surface area contributed by atoms with Gasteiger partial charge in [-0.2, -0.15) is 0 Å². The molecule has 2 rings (SSSR count). The number of aromatic nitrogens is 1. The lowest BCUT2D eigenvalue weighted by Gasteiger charge is -2.13. The van der Waals surface area contributed by atoms with E-state index in [2.05, 4.69) is 29.1 Å². The summed E-state index contributed by atoms with van der Waals surface area (Å²) in [6.45, 7) is 8.29. The van der Waals surface area contributed by atoms with Gasteiger partial charge in [-0.1, -0.05) is 0 Å². The molecule has 1 aromatic carbocycles. The van der Waals surface area contributed by atoms with Gasteiger partial charge in [-0.05, 0) is 45.0 Å². The minimum absolute atomic E-state index is 0.147. The average Bonchev–Trinajstić information content (AvgIpc) is 2.93. The van der Waals surface area contributed by atoms with Crippen LogP contribution in [0.2, 0.25) is 0 Å². The first-order valence-corrected chi connectivity index (χ1v) is 7.74. The molecule has 1 atom stereocenters. The molecule has 5 nitrogen and oxygen atoms in total. The van der Waals surface area contributed by atoms with Crippen molar-refractivity contribution in [3.8, 4) is 0 Å². The Hall–Kier alpha value is -1.85. The molecule has 0 saturated heterocycles. The van der Waals surface area contributed by atoms with E-state index < -0.39 is 6.10 Å². The number of rotatable bonds is 8. The maximum absolute atomic E-state index is 12.1.